The van der Waals surface area contributed by atoms with Crippen LogP contribution < -0.4 is 9.33 Å². The van der Waals surface area contributed by atoms with Crippen LogP contribution in [0.25, 0.3) is 11.0 Å². The molecular weight excluding hydrogens is 492 g/mol. The number of fused-ring (bicyclic) bond motifs is 1. The van der Waals surface area contributed by atoms with Crippen molar-refractivity contribution in [3.63, 3.8) is 0 Å². The topological polar surface area (TPSA) is 49.7 Å². The molecule has 1 aromatic carbocycles. The van der Waals surface area contributed by atoms with Gasteiger partial charge in [-0.1, -0.05) is 12.1 Å². The minimum atomic E-state index is -8.55. The molecule has 188 valence electrons. The van der Waals surface area contributed by atoms with Crippen molar-refractivity contribution in [1.29, 1.82) is 0 Å². The molecule has 1 aromatic heterocycles. The van der Waals surface area contributed by atoms with Gasteiger partial charge in [0.15, 0.2) is 0 Å². The molecule has 4 heterocycles. The SMILES string of the molecule is FP(F)(F)(F)F.[F-].c1ccc2c(c1)nnn2O[P+](N1CCCC1)(N1CCCC1)N1CCCC1. The van der Waals surface area contributed by atoms with Crippen LogP contribution in [0.2, 0.25) is 0 Å². The van der Waals surface area contributed by atoms with E-state index >= 15 is 0 Å². The predicted octanol–water partition coefficient (Wildman–Crippen LogP) is 2.79. The number of nitrogens with zero attached hydrogens (tertiary/aromatic N) is 6. The smallest absolute Gasteiger partial charge is 0.451 e. The van der Waals surface area contributed by atoms with E-state index in [1.165, 1.54) is 38.5 Å². The summed E-state index contributed by atoms with van der Waals surface area (Å²) in [6.45, 7) is 6.79. The Kier molecular flexibility index (Phi) is 8.11. The zero-order valence-corrected chi connectivity index (χ0v) is 19.8. The first-order valence-electron chi connectivity index (χ1n) is 10.9. The molecule has 0 radical (unpaired) electrons. The van der Waals surface area contributed by atoms with Gasteiger partial charge in [-0.05, 0) is 60.7 Å². The van der Waals surface area contributed by atoms with Gasteiger partial charge in [0.25, 0.3) is 0 Å². The van der Waals surface area contributed by atoms with Crippen molar-refractivity contribution in [1.82, 2.24) is 29.2 Å². The zero-order chi connectivity index (χ0) is 22.8. The molecule has 3 aliphatic rings. The van der Waals surface area contributed by atoms with Gasteiger partial charge in [0, 0.05) is 39.3 Å². The summed E-state index contributed by atoms with van der Waals surface area (Å²) in [5, 5.41) is 8.72. The second-order valence-electron chi connectivity index (χ2n) is 8.17. The van der Waals surface area contributed by atoms with Crippen molar-refractivity contribution in [2.75, 3.05) is 39.3 Å². The molecule has 7 nitrogen and oxygen atoms in total. The largest absolute Gasteiger partial charge is 1.00 e. The summed E-state index contributed by atoms with van der Waals surface area (Å²) in [5.41, 5.74) is 1.87. The van der Waals surface area contributed by atoms with E-state index in [-0.39, 0.29) is 4.70 Å². The monoisotopic (exact) mass is 520 g/mol. The summed E-state index contributed by atoms with van der Waals surface area (Å²) >= 11 is 0. The number of benzene rings is 1. The molecule has 3 fully saturated rings. The molecule has 15 heteroatoms. The van der Waals surface area contributed by atoms with Gasteiger partial charge in [-0.25, -0.2) is 0 Å². The number of rotatable bonds is 5. The minimum absolute atomic E-state index is 0. The Morgan fingerprint density at radius 1 is 0.727 bits per heavy atom. The van der Waals surface area contributed by atoms with Crippen LogP contribution in [0.15, 0.2) is 24.3 Å². The van der Waals surface area contributed by atoms with Crippen LogP contribution in [0.1, 0.15) is 38.5 Å². The maximum absolute atomic E-state index is 9.84. The maximum Gasteiger partial charge on any atom is 0.451 e. The fourth-order valence-corrected chi connectivity index (χ4v) is 8.71. The Hall–Kier alpha value is -1.26. The summed E-state index contributed by atoms with van der Waals surface area (Å²) in [7, 11) is -10.6. The molecule has 0 N–H and O–H groups in total. The third kappa shape index (κ3) is 6.45. The second-order valence-corrected chi connectivity index (χ2v) is 12.3. The normalized spacial score (nSPS) is 21.9. The quantitative estimate of drug-likeness (QED) is 0.447. The molecule has 3 aliphatic heterocycles. The van der Waals surface area contributed by atoms with Gasteiger partial charge in [0.2, 0.25) is 0 Å². The number of halogens is 6. The molecule has 0 saturated carbocycles. The molecule has 0 spiro atoms. The zero-order valence-electron chi connectivity index (χ0n) is 18.0. The molecule has 33 heavy (non-hydrogen) atoms. The first kappa shape index (κ1) is 26.3. The van der Waals surface area contributed by atoms with Crippen LogP contribution in [0, 0.1) is 0 Å². The molecule has 0 atom stereocenters. The minimum Gasteiger partial charge on any atom is -1.00 e. The Labute approximate surface area is 189 Å². The summed E-state index contributed by atoms with van der Waals surface area (Å²) in [6, 6.07) is 8.10. The standard InChI is InChI=1S/C18H28N6OP.F5P.FH/c1-2-10-18-17(9-1)19-20-24(18)25-26(21-11-3-4-12-21,22-13-5-6-14-22)23-15-7-8-16-23;1-6(2,3,4)5;/h1-2,9-10H,3-8,11-16H2;;1H/q+1;;/p-1. The number of aromatic nitrogens is 3. The van der Waals surface area contributed by atoms with Crippen molar-refractivity contribution in [3.05, 3.63) is 24.3 Å². The maximum atomic E-state index is 9.84. The van der Waals surface area contributed by atoms with Crippen LogP contribution in [0.4, 0.5) is 21.0 Å². The average molecular weight is 520 g/mol. The first-order chi connectivity index (χ1) is 15.1. The summed E-state index contributed by atoms with van der Waals surface area (Å²) < 4.78 is 64.1. The van der Waals surface area contributed by atoms with Crippen molar-refractivity contribution in [2.24, 2.45) is 0 Å². The van der Waals surface area contributed by atoms with E-state index in [1.807, 2.05) is 18.2 Å². The van der Waals surface area contributed by atoms with E-state index in [0.29, 0.717) is 0 Å². The van der Waals surface area contributed by atoms with E-state index in [9.17, 15) is 21.0 Å². The number of hydrogen-bond acceptors (Lipinski definition) is 6. The van der Waals surface area contributed by atoms with E-state index in [4.69, 9.17) is 4.62 Å². The Morgan fingerprint density at radius 3 is 1.55 bits per heavy atom. The molecule has 2 aromatic rings. The van der Waals surface area contributed by atoms with Crippen LogP contribution in [0.5, 0.6) is 0 Å². The fraction of sp³-hybridized carbons (Fsp3) is 0.667. The van der Waals surface area contributed by atoms with Crippen molar-refractivity contribution in [3.8, 4) is 0 Å². The van der Waals surface area contributed by atoms with E-state index in [0.717, 1.165) is 50.3 Å². The molecular formula is C18H28F6N6OP2. The van der Waals surface area contributed by atoms with E-state index < -0.39 is 16.1 Å². The number of hydrogen-bond donors (Lipinski definition) is 0. The molecule has 0 aliphatic carbocycles. The van der Waals surface area contributed by atoms with Gasteiger partial charge in [-0.15, -0.1) is 19.1 Å². The predicted molar refractivity (Wildman–Crippen MR) is 116 cm³/mol. The third-order valence-electron chi connectivity index (χ3n) is 5.86. The molecule has 5 rings (SSSR count). The van der Waals surface area contributed by atoms with Gasteiger partial charge < -0.3 is 4.70 Å². The first-order valence-corrected chi connectivity index (χ1v) is 14.1. The van der Waals surface area contributed by atoms with Gasteiger partial charge in [0.1, 0.15) is 11.0 Å². The second kappa shape index (κ2) is 10.2. The van der Waals surface area contributed by atoms with Crippen LogP contribution in [-0.2, 0) is 0 Å². The number of para-hydroxylation sites is 1. The Bertz CT molecular complexity index is 853. The molecule has 0 bridgehead atoms. The molecule has 3 saturated heterocycles. The average Bonchev–Trinajstić information content (AvgIpc) is 3.53. The summed E-state index contributed by atoms with van der Waals surface area (Å²) in [5.74, 6) is 0. The van der Waals surface area contributed by atoms with E-state index in [1.54, 1.807) is 4.85 Å². The Morgan fingerprint density at radius 2 is 1.12 bits per heavy atom. The summed E-state index contributed by atoms with van der Waals surface area (Å²) in [4.78, 5) is 1.72. The van der Waals surface area contributed by atoms with Gasteiger partial charge in [-0.2, -0.15) is 4.62 Å². The Balaban J connectivity index is 0.000000391. The molecule has 0 unspecified atom stereocenters. The van der Waals surface area contributed by atoms with E-state index in [2.05, 4.69) is 30.4 Å². The fourth-order valence-electron chi connectivity index (χ4n) is 4.59. The van der Waals surface area contributed by atoms with Crippen molar-refractivity contribution in [2.45, 2.75) is 38.5 Å². The van der Waals surface area contributed by atoms with Crippen molar-refractivity contribution >= 4 is 27.1 Å². The van der Waals surface area contributed by atoms with Gasteiger partial charge in [-0.3, -0.25) is 0 Å². The third-order valence-corrected chi connectivity index (χ3v) is 9.65. The van der Waals surface area contributed by atoms with Crippen molar-refractivity contribution < 1.29 is 30.3 Å². The van der Waals surface area contributed by atoms with Gasteiger partial charge >= 0.3 is 37.1 Å². The van der Waals surface area contributed by atoms with Gasteiger partial charge in [0.05, 0.1) is 0 Å². The van der Waals surface area contributed by atoms with Crippen LogP contribution >= 0.6 is 16.1 Å². The summed E-state index contributed by atoms with van der Waals surface area (Å²) in [6.07, 6.45) is 7.61. The molecule has 0 amide bonds. The van der Waals surface area contributed by atoms with Crippen LogP contribution in [0.3, 0.4) is 0 Å². The van der Waals surface area contributed by atoms with Crippen LogP contribution in [-0.4, -0.2) is 68.4 Å².